The van der Waals surface area contributed by atoms with Crippen LogP contribution in [0.2, 0.25) is 0 Å². The van der Waals surface area contributed by atoms with Crippen molar-refractivity contribution >= 4 is 37.8 Å². The third-order valence-electron chi connectivity index (χ3n) is 6.03. The Balaban J connectivity index is 1.68. The SMILES string of the molecule is CCOc1ccc2c(c1)c(CCC(=O)O)cn2S(=O)(=O)c1ccccc1-c1ccc2[nH]ccc2c1. The first-order valence-electron chi connectivity index (χ1n) is 11.3. The Morgan fingerprint density at radius 1 is 1.06 bits per heavy atom. The molecule has 178 valence electrons. The highest BCUT2D eigenvalue weighted by Crippen LogP contribution is 2.34. The molecule has 35 heavy (non-hydrogen) atoms. The number of rotatable bonds is 8. The van der Waals surface area contributed by atoms with E-state index in [4.69, 9.17) is 4.74 Å². The number of nitrogens with one attached hydrogen (secondary N) is 1. The van der Waals surface area contributed by atoms with Crippen LogP contribution in [0.5, 0.6) is 5.75 Å². The summed E-state index contributed by atoms with van der Waals surface area (Å²) >= 11 is 0. The van der Waals surface area contributed by atoms with Gasteiger partial charge in [0.15, 0.2) is 0 Å². The fourth-order valence-electron chi connectivity index (χ4n) is 4.40. The van der Waals surface area contributed by atoms with Gasteiger partial charge >= 0.3 is 5.97 Å². The van der Waals surface area contributed by atoms with E-state index in [1.807, 2.05) is 43.5 Å². The standard InChI is InChI=1S/C27H24N2O5S/c1-2-34-21-9-11-25-23(16-21)20(8-12-27(30)31)17-29(25)35(32,33)26-6-4-3-5-22(26)18-7-10-24-19(15-18)13-14-28-24/h3-7,9-11,13-17,28H,2,8,12H2,1H3,(H,30,31). The molecule has 0 aliphatic rings. The summed E-state index contributed by atoms with van der Waals surface area (Å²) in [6.45, 7) is 2.33. The number of ether oxygens (including phenoxy) is 1. The zero-order chi connectivity index (χ0) is 24.6. The molecule has 5 aromatic rings. The maximum Gasteiger partial charge on any atom is 0.303 e. The highest BCUT2D eigenvalue weighted by atomic mass is 32.2. The number of carbonyl (C=O) groups is 1. The predicted octanol–water partition coefficient (Wildman–Crippen LogP) is 5.44. The smallest absolute Gasteiger partial charge is 0.303 e. The summed E-state index contributed by atoms with van der Waals surface area (Å²) < 4.78 is 34.9. The summed E-state index contributed by atoms with van der Waals surface area (Å²) in [5.74, 6) is -0.341. The minimum atomic E-state index is -4.01. The molecule has 0 aliphatic carbocycles. The highest BCUT2D eigenvalue weighted by molar-refractivity contribution is 7.90. The number of carboxylic acids is 1. The van der Waals surface area contributed by atoms with Crippen LogP contribution in [0.4, 0.5) is 0 Å². The number of fused-ring (bicyclic) bond motifs is 2. The van der Waals surface area contributed by atoms with Crippen molar-refractivity contribution in [2.75, 3.05) is 6.61 Å². The number of aromatic nitrogens is 2. The van der Waals surface area contributed by atoms with Crippen LogP contribution >= 0.6 is 0 Å². The largest absolute Gasteiger partial charge is 0.494 e. The molecule has 0 amide bonds. The summed E-state index contributed by atoms with van der Waals surface area (Å²) in [5.41, 5.74) is 3.47. The zero-order valence-corrected chi connectivity index (χ0v) is 19.9. The number of benzene rings is 3. The second-order valence-corrected chi connectivity index (χ2v) is 10.0. The average molecular weight is 489 g/mol. The van der Waals surface area contributed by atoms with E-state index < -0.39 is 16.0 Å². The van der Waals surface area contributed by atoms with Gasteiger partial charge in [0.1, 0.15) is 5.75 Å². The molecule has 8 heteroatoms. The Morgan fingerprint density at radius 3 is 2.69 bits per heavy atom. The normalized spacial score (nSPS) is 11.8. The van der Waals surface area contributed by atoms with Crippen molar-refractivity contribution in [3.05, 3.63) is 84.7 Å². The third kappa shape index (κ3) is 4.17. The van der Waals surface area contributed by atoms with Gasteiger partial charge in [0.25, 0.3) is 10.0 Å². The van der Waals surface area contributed by atoms with E-state index in [2.05, 4.69) is 4.98 Å². The van der Waals surface area contributed by atoms with Crippen LogP contribution < -0.4 is 4.74 Å². The lowest BCUT2D eigenvalue weighted by Crippen LogP contribution is -2.13. The molecular weight excluding hydrogens is 464 g/mol. The zero-order valence-electron chi connectivity index (χ0n) is 19.1. The van der Waals surface area contributed by atoms with Crippen molar-refractivity contribution in [1.82, 2.24) is 8.96 Å². The second kappa shape index (κ2) is 8.96. The predicted molar refractivity (Wildman–Crippen MR) is 135 cm³/mol. The van der Waals surface area contributed by atoms with Crippen molar-refractivity contribution in [2.45, 2.75) is 24.7 Å². The number of aliphatic carboxylic acids is 1. The average Bonchev–Trinajstić information content (AvgIpc) is 3.47. The first-order chi connectivity index (χ1) is 16.9. The van der Waals surface area contributed by atoms with Crippen molar-refractivity contribution in [3.8, 4) is 16.9 Å². The van der Waals surface area contributed by atoms with Gasteiger partial charge in [-0.1, -0.05) is 24.3 Å². The summed E-state index contributed by atoms with van der Waals surface area (Å²) in [7, 11) is -4.01. The summed E-state index contributed by atoms with van der Waals surface area (Å²) in [6.07, 6.45) is 3.48. The van der Waals surface area contributed by atoms with Crippen LogP contribution in [-0.4, -0.2) is 35.1 Å². The van der Waals surface area contributed by atoms with Crippen LogP contribution in [0.15, 0.2) is 84.0 Å². The maximum atomic E-state index is 14.0. The van der Waals surface area contributed by atoms with Gasteiger partial charge in [0.2, 0.25) is 0 Å². The lowest BCUT2D eigenvalue weighted by atomic mass is 10.0. The number of carboxylic acid groups (broad SMARTS) is 1. The Kier molecular flexibility index (Phi) is 5.82. The van der Waals surface area contributed by atoms with Gasteiger partial charge in [0, 0.05) is 35.3 Å². The molecule has 0 saturated heterocycles. The van der Waals surface area contributed by atoms with Crippen molar-refractivity contribution < 1.29 is 23.1 Å². The fourth-order valence-corrected chi connectivity index (χ4v) is 6.01. The number of hydrogen-bond acceptors (Lipinski definition) is 4. The van der Waals surface area contributed by atoms with Crippen molar-refractivity contribution in [3.63, 3.8) is 0 Å². The van der Waals surface area contributed by atoms with Gasteiger partial charge in [-0.25, -0.2) is 12.4 Å². The molecule has 0 fully saturated rings. The van der Waals surface area contributed by atoms with Gasteiger partial charge in [-0.15, -0.1) is 0 Å². The lowest BCUT2D eigenvalue weighted by molar-refractivity contribution is -0.136. The number of hydrogen-bond donors (Lipinski definition) is 2. The van der Waals surface area contributed by atoms with E-state index in [0.717, 1.165) is 16.5 Å². The first-order valence-corrected chi connectivity index (χ1v) is 12.7. The molecule has 0 spiro atoms. The van der Waals surface area contributed by atoms with Crippen molar-refractivity contribution in [1.29, 1.82) is 0 Å². The molecule has 7 nitrogen and oxygen atoms in total. The monoisotopic (exact) mass is 488 g/mol. The van der Waals surface area contributed by atoms with E-state index in [1.54, 1.807) is 36.4 Å². The summed E-state index contributed by atoms with van der Waals surface area (Å²) in [6, 6.07) is 19.8. The topological polar surface area (TPSA) is 101 Å². The minimum Gasteiger partial charge on any atom is -0.494 e. The van der Waals surface area contributed by atoms with Crippen LogP contribution in [0.25, 0.3) is 32.9 Å². The molecule has 5 rings (SSSR count). The fraction of sp³-hybridized carbons (Fsp3) is 0.148. The van der Waals surface area contributed by atoms with Crippen molar-refractivity contribution in [2.24, 2.45) is 0 Å². The highest BCUT2D eigenvalue weighted by Gasteiger charge is 2.25. The molecule has 0 aliphatic heterocycles. The number of aryl methyl sites for hydroxylation is 1. The summed E-state index contributed by atoms with van der Waals surface area (Å²) in [5, 5.41) is 10.8. The molecular formula is C27H24N2O5S. The van der Waals surface area contributed by atoms with E-state index in [0.29, 0.717) is 34.4 Å². The lowest BCUT2D eigenvalue weighted by Gasteiger charge is -2.13. The van der Waals surface area contributed by atoms with Gasteiger partial charge in [0.05, 0.1) is 17.0 Å². The third-order valence-corrected chi connectivity index (χ3v) is 7.76. The number of aromatic amines is 1. The van der Waals surface area contributed by atoms with E-state index in [1.165, 1.54) is 10.2 Å². The molecule has 0 atom stereocenters. The summed E-state index contributed by atoms with van der Waals surface area (Å²) in [4.78, 5) is 14.5. The van der Waals surface area contributed by atoms with E-state index in [9.17, 15) is 18.3 Å². The van der Waals surface area contributed by atoms with Gasteiger partial charge in [-0.05, 0) is 72.3 Å². The Hall–Kier alpha value is -4.04. The Labute approximate surface area is 202 Å². The molecule has 0 unspecified atom stereocenters. The van der Waals surface area contributed by atoms with Gasteiger partial charge in [-0.3, -0.25) is 4.79 Å². The number of H-pyrrole nitrogens is 1. The quantitative estimate of drug-likeness (QED) is 0.303. The Morgan fingerprint density at radius 2 is 1.89 bits per heavy atom. The minimum absolute atomic E-state index is 0.106. The molecule has 2 heterocycles. The second-order valence-electron chi connectivity index (χ2n) is 8.24. The van der Waals surface area contributed by atoms with Gasteiger partial charge in [-0.2, -0.15) is 0 Å². The molecule has 0 saturated carbocycles. The first kappa shape index (κ1) is 22.7. The molecule has 2 aromatic heterocycles. The molecule has 2 N–H and O–H groups in total. The Bertz CT molecular complexity index is 1660. The van der Waals surface area contributed by atoms with Crippen LogP contribution in [0.3, 0.4) is 0 Å². The van der Waals surface area contributed by atoms with E-state index >= 15 is 0 Å². The molecule has 0 bridgehead atoms. The van der Waals surface area contributed by atoms with Crippen LogP contribution in [-0.2, 0) is 21.2 Å². The van der Waals surface area contributed by atoms with Crippen LogP contribution in [0.1, 0.15) is 18.9 Å². The molecule has 3 aromatic carbocycles. The molecule has 0 radical (unpaired) electrons. The number of nitrogens with zero attached hydrogens (tertiary/aromatic N) is 1. The van der Waals surface area contributed by atoms with Gasteiger partial charge < -0.3 is 14.8 Å². The van der Waals surface area contributed by atoms with Crippen LogP contribution in [0, 0.1) is 0 Å². The van der Waals surface area contributed by atoms with E-state index in [-0.39, 0.29) is 17.7 Å². The maximum absolute atomic E-state index is 14.0.